The molecule has 2 aromatic rings. The maximum Gasteiger partial charge on any atom is 0.251 e. The van der Waals surface area contributed by atoms with Crippen molar-refractivity contribution in [1.82, 2.24) is 10.2 Å². The molecule has 0 radical (unpaired) electrons. The fourth-order valence-corrected chi connectivity index (χ4v) is 2.37. The van der Waals surface area contributed by atoms with Gasteiger partial charge < -0.3 is 15.0 Å². The van der Waals surface area contributed by atoms with Gasteiger partial charge in [0, 0.05) is 19.2 Å². The number of carbonyl (C=O) groups excluding carboxylic acids is 2. The Hall–Kier alpha value is -2.82. The van der Waals surface area contributed by atoms with Crippen LogP contribution in [0.15, 0.2) is 42.5 Å². The third-order valence-electron chi connectivity index (χ3n) is 4.17. The van der Waals surface area contributed by atoms with Gasteiger partial charge in [-0.05, 0) is 54.8 Å². The second-order valence-electron chi connectivity index (χ2n) is 6.08. The highest BCUT2D eigenvalue weighted by Gasteiger charge is 2.12. The Bertz CT molecular complexity index is 754. The number of methoxy groups -OCH3 is 1. The molecule has 5 nitrogen and oxygen atoms in total. The van der Waals surface area contributed by atoms with Crippen LogP contribution in [0.1, 0.15) is 27.0 Å². The summed E-state index contributed by atoms with van der Waals surface area (Å²) in [6.45, 7) is 4.40. The minimum Gasteiger partial charge on any atom is -0.497 e. The summed E-state index contributed by atoms with van der Waals surface area (Å²) in [6, 6.07) is 13.0. The van der Waals surface area contributed by atoms with Crippen LogP contribution in [0.3, 0.4) is 0 Å². The summed E-state index contributed by atoms with van der Waals surface area (Å²) in [6.07, 6.45) is 0. The first-order valence-corrected chi connectivity index (χ1v) is 8.13. The molecular formula is C20H24N2O3. The van der Waals surface area contributed by atoms with E-state index < -0.39 is 0 Å². The average Bonchev–Trinajstić information content (AvgIpc) is 2.62. The van der Waals surface area contributed by atoms with Crippen molar-refractivity contribution in [3.63, 3.8) is 0 Å². The molecular weight excluding hydrogens is 316 g/mol. The van der Waals surface area contributed by atoms with Gasteiger partial charge in [-0.3, -0.25) is 9.59 Å². The fraction of sp³-hybridized carbons (Fsp3) is 0.300. The van der Waals surface area contributed by atoms with Crippen LogP contribution in [0, 0.1) is 13.8 Å². The average molecular weight is 340 g/mol. The van der Waals surface area contributed by atoms with Gasteiger partial charge in [0.25, 0.3) is 5.91 Å². The lowest BCUT2D eigenvalue weighted by Crippen LogP contribution is -2.37. The number of likely N-dealkylation sites (N-methyl/N-ethyl adjacent to an activating group) is 1. The highest BCUT2D eigenvalue weighted by molar-refractivity contribution is 5.96. The van der Waals surface area contributed by atoms with E-state index in [-0.39, 0.29) is 18.4 Å². The maximum absolute atomic E-state index is 12.2. The van der Waals surface area contributed by atoms with Crippen molar-refractivity contribution in [2.75, 3.05) is 20.7 Å². The van der Waals surface area contributed by atoms with Crippen molar-refractivity contribution < 1.29 is 14.3 Å². The largest absolute Gasteiger partial charge is 0.497 e. The van der Waals surface area contributed by atoms with Crippen molar-refractivity contribution >= 4 is 11.8 Å². The van der Waals surface area contributed by atoms with Crippen molar-refractivity contribution in [3.05, 3.63) is 64.7 Å². The first-order valence-electron chi connectivity index (χ1n) is 8.13. The Morgan fingerprint density at radius 3 is 2.32 bits per heavy atom. The summed E-state index contributed by atoms with van der Waals surface area (Å²) in [5.74, 6) is 0.390. The summed E-state index contributed by atoms with van der Waals surface area (Å²) in [5.41, 5.74) is 3.74. The van der Waals surface area contributed by atoms with Crippen LogP contribution in [0.2, 0.25) is 0 Å². The molecule has 2 aromatic carbocycles. The molecule has 132 valence electrons. The first kappa shape index (κ1) is 18.5. The minimum atomic E-state index is -0.241. The van der Waals surface area contributed by atoms with Crippen LogP contribution in [-0.2, 0) is 11.3 Å². The van der Waals surface area contributed by atoms with Gasteiger partial charge in [-0.15, -0.1) is 0 Å². The molecule has 0 bridgehead atoms. The number of benzene rings is 2. The number of hydrogen-bond acceptors (Lipinski definition) is 3. The van der Waals surface area contributed by atoms with Crippen LogP contribution >= 0.6 is 0 Å². The molecule has 0 aliphatic rings. The molecule has 0 saturated carbocycles. The van der Waals surface area contributed by atoms with Gasteiger partial charge in [0.1, 0.15) is 5.75 Å². The quantitative estimate of drug-likeness (QED) is 0.879. The van der Waals surface area contributed by atoms with E-state index in [1.165, 1.54) is 0 Å². The van der Waals surface area contributed by atoms with Gasteiger partial charge in [-0.2, -0.15) is 0 Å². The van der Waals surface area contributed by atoms with E-state index in [4.69, 9.17) is 4.74 Å². The molecule has 1 N–H and O–H groups in total. The molecule has 0 saturated heterocycles. The third-order valence-corrected chi connectivity index (χ3v) is 4.17. The van der Waals surface area contributed by atoms with Gasteiger partial charge >= 0.3 is 0 Å². The van der Waals surface area contributed by atoms with Crippen LogP contribution in [0.4, 0.5) is 0 Å². The molecule has 0 heterocycles. The fourth-order valence-electron chi connectivity index (χ4n) is 2.37. The summed E-state index contributed by atoms with van der Waals surface area (Å²) in [7, 11) is 3.33. The zero-order valence-electron chi connectivity index (χ0n) is 15.1. The Kier molecular flexibility index (Phi) is 6.17. The Labute approximate surface area is 148 Å². The van der Waals surface area contributed by atoms with Crippen LogP contribution in [-0.4, -0.2) is 37.4 Å². The minimum absolute atomic E-state index is 0.0294. The summed E-state index contributed by atoms with van der Waals surface area (Å²) < 4.78 is 5.12. The smallest absolute Gasteiger partial charge is 0.251 e. The topological polar surface area (TPSA) is 58.6 Å². The highest BCUT2D eigenvalue weighted by Crippen LogP contribution is 2.13. The van der Waals surface area contributed by atoms with Gasteiger partial charge in [-0.25, -0.2) is 0 Å². The number of aryl methyl sites for hydroxylation is 2. The van der Waals surface area contributed by atoms with Crippen molar-refractivity contribution in [2.24, 2.45) is 0 Å². The Morgan fingerprint density at radius 2 is 1.72 bits per heavy atom. The molecule has 2 amide bonds. The number of amides is 2. The molecule has 0 spiro atoms. The van der Waals surface area contributed by atoms with Crippen LogP contribution < -0.4 is 10.1 Å². The van der Waals surface area contributed by atoms with Crippen LogP contribution in [0.5, 0.6) is 5.75 Å². The van der Waals surface area contributed by atoms with E-state index in [9.17, 15) is 9.59 Å². The molecule has 0 aromatic heterocycles. The lowest BCUT2D eigenvalue weighted by molar-refractivity contribution is -0.129. The van der Waals surface area contributed by atoms with Crippen molar-refractivity contribution in [1.29, 1.82) is 0 Å². The second-order valence-corrected chi connectivity index (χ2v) is 6.08. The van der Waals surface area contributed by atoms with Gasteiger partial charge in [0.15, 0.2) is 0 Å². The number of rotatable bonds is 6. The summed E-state index contributed by atoms with van der Waals surface area (Å²) >= 11 is 0. The van der Waals surface area contributed by atoms with Gasteiger partial charge in [0.05, 0.1) is 13.7 Å². The number of hydrogen-bond donors (Lipinski definition) is 1. The Morgan fingerprint density at radius 1 is 1.04 bits per heavy atom. The second kappa shape index (κ2) is 8.33. The lowest BCUT2D eigenvalue weighted by atomic mass is 10.1. The highest BCUT2D eigenvalue weighted by atomic mass is 16.5. The maximum atomic E-state index is 12.2. The number of ether oxygens (including phenoxy) is 1. The predicted molar refractivity (Wildman–Crippen MR) is 97.7 cm³/mol. The molecule has 25 heavy (non-hydrogen) atoms. The predicted octanol–water partition coefficient (Wildman–Crippen LogP) is 2.70. The van der Waals surface area contributed by atoms with Crippen molar-refractivity contribution in [3.8, 4) is 5.75 Å². The third kappa shape index (κ3) is 5.08. The molecule has 2 rings (SSSR count). The molecule has 0 fully saturated rings. The number of nitrogens with one attached hydrogen (secondary N) is 1. The van der Waals surface area contributed by atoms with Crippen molar-refractivity contribution in [2.45, 2.75) is 20.4 Å². The summed E-state index contributed by atoms with van der Waals surface area (Å²) in [5, 5.41) is 2.68. The van der Waals surface area contributed by atoms with E-state index in [0.717, 1.165) is 22.4 Å². The monoisotopic (exact) mass is 340 g/mol. The van der Waals surface area contributed by atoms with E-state index >= 15 is 0 Å². The van der Waals surface area contributed by atoms with E-state index in [1.54, 1.807) is 25.1 Å². The van der Waals surface area contributed by atoms with E-state index in [1.807, 2.05) is 50.2 Å². The molecule has 0 aliphatic carbocycles. The van der Waals surface area contributed by atoms with Crippen LogP contribution in [0.25, 0.3) is 0 Å². The SMILES string of the molecule is COc1ccc(CN(C)C(=O)CNC(=O)c2ccc(C)c(C)c2)cc1. The number of nitrogens with zero attached hydrogens (tertiary/aromatic N) is 1. The molecule has 0 atom stereocenters. The number of carbonyl (C=O) groups is 2. The Balaban J connectivity index is 1.87. The molecule has 0 aliphatic heterocycles. The zero-order valence-corrected chi connectivity index (χ0v) is 15.1. The van der Waals surface area contributed by atoms with Gasteiger partial charge in [0.2, 0.25) is 5.91 Å². The van der Waals surface area contributed by atoms with E-state index in [0.29, 0.717) is 12.1 Å². The normalized spacial score (nSPS) is 10.2. The standard InChI is InChI=1S/C20H24N2O3/c1-14-5-8-17(11-15(14)2)20(24)21-12-19(23)22(3)13-16-6-9-18(25-4)10-7-16/h5-11H,12-13H2,1-4H3,(H,21,24). The van der Waals surface area contributed by atoms with Gasteiger partial charge in [-0.1, -0.05) is 18.2 Å². The van der Waals surface area contributed by atoms with E-state index in [2.05, 4.69) is 5.32 Å². The molecule has 0 unspecified atom stereocenters. The lowest BCUT2D eigenvalue weighted by Gasteiger charge is -2.18. The summed E-state index contributed by atoms with van der Waals surface area (Å²) in [4.78, 5) is 26.0. The first-order chi connectivity index (χ1) is 11.9. The zero-order chi connectivity index (χ0) is 18.4. The molecule has 5 heteroatoms.